The number of ether oxygens (including phenoxy) is 2. The summed E-state index contributed by atoms with van der Waals surface area (Å²) in [6, 6.07) is 3.79. The monoisotopic (exact) mass is 464 g/mol. The number of phenols is 5. The Morgan fingerprint density at radius 2 is 1.48 bits per heavy atom. The molecule has 12 nitrogen and oxygen atoms in total. The van der Waals surface area contributed by atoms with Crippen molar-refractivity contribution >= 4 is 11.0 Å². The van der Waals surface area contributed by atoms with Gasteiger partial charge in [0.05, 0.1) is 6.10 Å². The Bertz CT molecular complexity index is 1260. The van der Waals surface area contributed by atoms with Gasteiger partial charge in [-0.05, 0) is 19.1 Å². The van der Waals surface area contributed by atoms with Crippen molar-refractivity contribution in [2.24, 2.45) is 0 Å². The molecule has 8 N–H and O–H groups in total. The lowest BCUT2D eigenvalue weighted by atomic mass is 10.00. The Morgan fingerprint density at radius 1 is 0.848 bits per heavy atom. The van der Waals surface area contributed by atoms with Crippen LogP contribution in [0.1, 0.15) is 6.92 Å². The normalized spacial score (nSPS) is 25.3. The zero-order chi connectivity index (χ0) is 24.2. The first-order chi connectivity index (χ1) is 15.5. The molecule has 1 fully saturated rings. The molecule has 0 aliphatic carbocycles. The van der Waals surface area contributed by atoms with Gasteiger partial charge >= 0.3 is 0 Å². The van der Waals surface area contributed by atoms with E-state index in [2.05, 4.69) is 0 Å². The van der Waals surface area contributed by atoms with Crippen molar-refractivity contribution in [3.63, 3.8) is 0 Å². The van der Waals surface area contributed by atoms with Crippen LogP contribution in [-0.2, 0) is 4.74 Å². The van der Waals surface area contributed by atoms with Gasteiger partial charge < -0.3 is 54.7 Å². The van der Waals surface area contributed by atoms with E-state index in [1.54, 1.807) is 0 Å². The summed E-state index contributed by atoms with van der Waals surface area (Å²) in [7, 11) is 0. The second-order valence-corrected chi connectivity index (χ2v) is 7.59. The molecule has 12 heteroatoms. The van der Waals surface area contributed by atoms with Crippen LogP contribution in [-0.4, -0.2) is 71.6 Å². The van der Waals surface area contributed by atoms with E-state index < -0.39 is 81.8 Å². The lowest BCUT2D eigenvalue weighted by Gasteiger charge is -2.38. The van der Waals surface area contributed by atoms with Gasteiger partial charge in [-0.2, -0.15) is 0 Å². The lowest BCUT2D eigenvalue weighted by Crippen LogP contribution is -2.58. The van der Waals surface area contributed by atoms with Crippen LogP contribution < -0.4 is 10.2 Å². The van der Waals surface area contributed by atoms with Crippen molar-refractivity contribution in [2.45, 2.75) is 37.6 Å². The maximum atomic E-state index is 13.2. The second kappa shape index (κ2) is 8.01. The van der Waals surface area contributed by atoms with Crippen LogP contribution >= 0.6 is 0 Å². The Morgan fingerprint density at radius 3 is 2.12 bits per heavy atom. The molecule has 176 valence electrons. The van der Waals surface area contributed by atoms with Gasteiger partial charge in [0.15, 0.2) is 23.0 Å². The number of fused-ring (bicyclic) bond motifs is 1. The van der Waals surface area contributed by atoms with Gasteiger partial charge in [-0.3, -0.25) is 4.79 Å². The predicted molar refractivity (Wildman–Crippen MR) is 109 cm³/mol. The average Bonchev–Trinajstić information content (AvgIpc) is 2.74. The van der Waals surface area contributed by atoms with Crippen molar-refractivity contribution in [1.29, 1.82) is 0 Å². The number of phenolic OH excluding ortho intramolecular Hbond substituents is 5. The highest BCUT2D eigenvalue weighted by atomic mass is 16.7. The summed E-state index contributed by atoms with van der Waals surface area (Å²) in [5.41, 5.74) is -1.45. The highest BCUT2D eigenvalue weighted by molar-refractivity contribution is 5.88. The highest BCUT2D eigenvalue weighted by Crippen LogP contribution is 2.43. The maximum absolute atomic E-state index is 13.2. The van der Waals surface area contributed by atoms with Crippen LogP contribution in [0.5, 0.6) is 34.5 Å². The van der Waals surface area contributed by atoms with Crippen molar-refractivity contribution in [3.05, 3.63) is 34.5 Å². The minimum absolute atomic E-state index is 0.168. The van der Waals surface area contributed by atoms with Gasteiger partial charge in [-0.25, -0.2) is 0 Å². The SMILES string of the molecule is C[C@H]1O[C@@H](Oc2c(-c3cc(O)c(O)c(O)c3)oc3cc(O)cc(O)c3c2=O)[C@@H](O)[C@@H](O)[C@H]1O. The van der Waals surface area contributed by atoms with Crippen molar-refractivity contribution in [1.82, 2.24) is 0 Å². The molecule has 0 amide bonds. The Balaban J connectivity index is 1.95. The lowest BCUT2D eigenvalue weighted by molar-refractivity contribution is -0.268. The van der Waals surface area contributed by atoms with E-state index in [4.69, 9.17) is 13.9 Å². The topological polar surface area (TPSA) is 211 Å². The zero-order valence-electron chi connectivity index (χ0n) is 16.9. The summed E-state index contributed by atoms with van der Waals surface area (Å²) >= 11 is 0. The van der Waals surface area contributed by atoms with Gasteiger partial charge in [0, 0.05) is 17.7 Å². The van der Waals surface area contributed by atoms with Gasteiger partial charge in [0.25, 0.3) is 0 Å². The van der Waals surface area contributed by atoms with E-state index in [0.717, 1.165) is 24.3 Å². The number of rotatable bonds is 3. The number of aromatic hydroxyl groups is 5. The molecule has 0 saturated carbocycles. The van der Waals surface area contributed by atoms with Crippen molar-refractivity contribution < 1.29 is 54.7 Å². The molecular weight excluding hydrogens is 444 g/mol. The molecule has 0 bridgehead atoms. The van der Waals surface area contributed by atoms with Crippen molar-refractivity contribution in [2.75, 3.05) is 0 Å². The van der Waals surface area contributed by atoms with E-state index in [1.165, 1.54) is 6.92 Å². The number of aliphatic hydroxyl groups is 3. The van der Waals surface area contributed by atoms with E-state index in [0.29, 0.717) is 0 Å². The molecule has 3 aromatic rings. The quantitative estimate of drug-likeness (QED) is 0.244. The van der Waals surface area contributed by atoms with Gasteiger partial charge in [-0.1, -0.05) is 0 Å². The fourth-order valence-electron chi connectivity index (χ4n) is 3.53. The standard InChI is InChI=1S/C21H20O12/c1-6-14(26)17(29)18(30)21(31-6)33-20-16(28)13-9(23)4-8(22)5-12(13)32-19(20)7-2-10(24)15(27)11(25)3-7/h2-6,14,17-18,21-27,29-30H,1H3/t6-,14+,17+,18+,21+/m1/s1. The third-order valence-corrected chi connectivity index (χ3v) is 5.29. The highest BCUT2D eigenvalue weighted by Gasteiger charge is 2.44. The van der Waals surface area contributed by atoms with Crippen LogP contribution in [0.4, 0.5) is 0 Å². The molecule has 0 spiro atoms. The van der Waals surface area contributed by atoms with Gasteiger partial charge in [-0.15, -0.1) is 0 Å². The van der Waals surface area contributed by atoms with Crippen LogP contribution in [0, 0.1) is 0 Å². The molecule has 0 unspecified atom stereocenters. The second-order valence-electron chi connectivity index (χ2n) is 7.59. The fraction of sp³-hybridized carbons (Fsp3) is 0.286. The summed E-state index contributed by atoms with van der Waals surface area (Å²) < 4.78 is 16.5. The van der Waals surface area contributed by atoms with Crippen LogP contribution in [0.25, 0.3) is 22.3 Å². The first-order valence-electron chi connectivity index (χ1n) is 9.64. The van der Waals surface area contributed by atoms with Crippen LogP contribution in [0.15, 0.2) is 33.5 Å². The summed E-state index contributed by atoms with van der Waals surface area (Å²) in [6.45, 7) is 1.39. The Labute approximate surface area is 184 Å². The third kappa shape index (κ3) is 3.74. The smallest absolute Gasteiger partial charge is 0.239 e. The van der Waals surface area contributed by atoms with E-state index in [-0.39, 0.29) is 11.1 Å². The number of hydrogen-bond acceptors (Lipinski definition) is 12. The predicted octanol–water partition coefficient (Wildman–Crippen LogP) is 0.194. The molecule has 0 radical (unpaired) electrons. The van der Waals surface area contributed by atoms with Gasteiger partial charge in [0.1, 0.15) is 40.8 Å². The first-order valence-corrected chi connectivity index (χ1v) is 9.64. The minimum atomic E-state index is -1.80. The largest absolute Gasteiger partial charge is 0.508 e. The number of aliphatic hydroxyl groups excluding tert-OH is 3. The molecule has 33 heavy (non-hydrogen) atoms. The van der Waals surface area contributed by atoms with Crippen LogP contribution in [0.3, 0.4) is 0 Å². The molecule has 4 rings (SSSR count). The van der Waals surface area contributed by atoms with E-state index >= 15 is 0 Å². The Hall–Kier alpha value is -3.71. The molecule has 1 aromatic heterocycles. The maximum Gasteiger partial charge on any atom is 0.239 e. The first kappa shape index (κ1) is 22.5. The average molecular weight is 464 g/mol. The number of hydrogen-bond donors (Lipinski definition) is 8. The number of benzene rings is 2. The zero-order valence-corrected chi connectivity index (χ0v) is 16.9. The molecule has 2 heterocycles. The molecule has 1 aliphatic heterocycles. The van der Waals surface area contributed by atoms with Gasteiger partial charge in [0.2, 0.25) is 17.5 Å². The molecule has 2 aromatic carbocycles. The molecule has 5 atom stereocenters. The van der Waals surface area contributed by atoms with Crippen LogP contribution in [0.2, 0.25) is 0 Å². The summed E-state index contributed by atoms with van der Waals surface area (Å²) in [4.78, 5) is 13.2. The molecular formula is C21H20O12. The summed E-state index contributed by atoms with van der Waals surface area (Å²) in [5, 5.41) is 79.1. The Kier molecular flexibility index (Phi) is 5.46. The fourth-order valence-corrected chi connectivity index (χ4v) is 3.53. The van der Waals surface area contributed by atoms with E-state index in [9.17, 15) is 45.6 Å². The summed E-state index contributed by atoms with van der Waals surface area (Å²) in [5.74, 6) is -4.55. The third-order valence-electron chi connectivity index (χ3n) is 5.29. The van der Waals surface area contributed by atoms with Crippen molar-refractivity contribution in [3.8, 4) is 45.8 Å². The minimum Gasteiger partial charge on any atom is -0.508 e. The molecule has 1 aliphatic rings. The molecule has 1 saturated heterocycles. The van der Waals surface area contributed by atoms with E-state index in [1.807, 2.05) is 0 Å². The summed E-state index contributed by atoms with van der Waals surface area (Å²) in [6.07, 6.45) is -7.59.